The second-order valence-corrected chi connectivity index (χ2v) is 8.68. The van der Waals surface area contributed by atoms with Crippen molar-refractivity contribution in [1.82, 2.24) is 12.0 Å². The van der Waals surface area contributed by atoms with Gasteiger partial charge in [-0.2, -0.15) is 4.31 Å². The van der Waals surface area contributed by atoms with Gasteiger partial charge >= 0.3 is 0 Å². The Labute approximate surface area is 153 Å². The smallest absolute Gasteiger partial charge is 0.259 e. The van der Waals surface area contributed by atoms with Gasteiger partial charge in [0.15, 0.2) is 0 Å². The largest absolute Gasteiger partial charge is 0.336 e. The molecule has 3 rings (SSSR count). The van der Waals surface area contributed by atoms with Gasteiger partial charge in [0.1, 0.15) is 5.56 Å². The molecule has 0 radical (unpaired) electrons. The molecule has 2 aromatic rings. The second-order valence-electron chi connectivity index (χ2n) is 5.65. The molecular weight excluding hydrogens is 445 g/mol. The van der Waals surface area contributed by atoms with Crippen molar-refractivity contribution in [3.63, 3.8) is 0 Å². The number of fused-ring (bicyclic) bond motifs is 1. The number of carbonyl (C=O) groups is 1. The van der Waals surface area contributed by atoms with Crippen molar-refractivity contribution >= 4 is 49.7 Å². The Balaban J connectivity index is 1.91. The molecule has 0 atom stereocenters. The number of halogens is 1. The highest BCUT2D eigenvalue weighted by Gasteiger charge is 2.28. The van der Waals surface area contributed by atoms with E-state index in [0.29, 0.717) is 5.39 Å². The number of hydrogen-bond acceptors (Lipinski definition) is 4. The van der Waals surface area contributed by atoms with Gasteiger partial charge in [-0.3, -0.25) is 12.4 Å². The second kappa shape index (κ2) is 6.45. The molecule has 0 saturated carbocycles. The quantitative estimate of drug-likeness (QED) is 0.624. The van der Waals surface area contributed by atoms with Crippen LogP contribution in [0.15, 0.2) is 35.3 Å². The van der Waals surface area contributed by atoms with Crippen molar-refractivity contribution in [2.24, 2.45) is 0 Å². The molecule has 2 heterocycles. The highest BCUT2D eigenvalue weighted by atomic mass is 127. The standard InChI is InChI=1S/C15H16IN3O4S/c1-24(22,23)18-8-6-17(7-9-18)15(21)12-10-19(16)13-5-3-2-4-11(13)14(12)20/h2-5,10H,6-9H2,1H3. The molecule has 1 fully saturated rings. The molecule has 1 aromatic carbocycles. The molecule has 1 saturated heterocycles. The van der Waals surface area contributed by atoms with E-state index in [1.54, 1.807) is 14.9 Å². The number of rotatable bonds is 2. The van der Waals surface area contributed by atoms with E-state index in [-0.39, 0.29) is 43.1 Å². The third-order valence-electron chi connectivity index (χ3n) is 4.09. The molecule has 1 aliphatic rings. The van der Waals surface area contributed by atoms with Crippen LogP contribution in [0.2, 0.25) is 0 Å². The zero-order valence-electron chi connectivity index (χ0n) is 13.0. The van der Waals surface area contributed by atoms with Gasteiger partial charge in [-0.15, -0.1) is 0 Å². The molecule has 9 heteroatoms. The van der Waals surface area contributed by atoms with Crippen molar-refractivity contribution in [3.8, 4) is 0 Å². The average molecular weight is 461 g/mol. The van der Waals surface area contributed by atoms with Gasteiger partial charge in [-0.25, -0.2) is 8.42 Å². The van der Waals surface area contributed by atoms with Crippen LogP contribution in [-0.4, -0.2) is 58.7 Å². The van der Waals surface area contributed by atoms with E-state index in [2.05, 4.69) is 0 Å². The highest BCUT2D eigenvalue weighted by Crippen LogP contribution is 2.16. The van der Waals surface area contributed by atoms with Crippen molar-refractivity contribution < 1.29 is 13.2 Å². The Kier molecular flexibility index (Phi) is 4.67. The van der Waals surface area contributed by atoms with Crippen LogP contribution >= 0.6 is 22.9 Å². The van der Waals surface area contributed by atoms with E-state index in [0.717, 1.165) is 11.8 Å². The van der Waals surface area contributed by atoms with Crippen LogP contribution in [0.4, 0.5) is 0 Å². The lowest BCUT2D eigenvalue weighted by Gasteiger charge is -2.33. The van der Waals surface area contributed by atoms with Gasteiger partial charge in [-0.1, -0.05) is 12.1 Å². The van der Waals surface area contributed by atoms with E-state index in [1.165, 1.54) is 15.4 Å². The van der Waals surface area contributed by atoms with E-state index >= 15 is 0 Å². The Hall–Kier alpha value is -1.46. The summed E-state index contributed by atoms with van der Waals surface area (Å²) in [5, 5.41) is 0.493. The first-order valence-electron chi connectivity index (χ1n) is 7.34. The Morgan fingerprint density at radius 2 is 1.75 bits per heavy atom. The molecule has 7 nitrogen and oxygen atoms in total. The average Bonchev–Trinajstić information content (AvgIpc) is 2.57. The molecule has 0 bridgehead atoms. The molecule has 0 unspecified atom stereocenters. The SMILES string of the molecule is CS(=O)(=O)N1CCN(C(=O)c2cn(I)c3ccccc3c2=O)CC1. The highest BCUT2D eigenvalue weighted by molar-refractivity contribution is 14.1. The summed E-state index contributed by atoms with van der Waals surface area (Å²) in [7, 11) is -3.26. The maximum atomic E-state index is 12.7. The summed E-state index contributed by atoms with van der Waals surface area (Å²) < 4.78 is 26.2. The number of nitrogens with zero attached hydrogens (tertiary/aromatic N) is 3. The fourth-order valence-corrected chi connectivity index (χ4v) is 4.31. The van der Waals surface area contributed by atoms with Crippen LogP contribution < -0.4 is 5.43 Å². The topological polar surface area (TPSA) is 79.7 Å². The predicted molar refractivity (Wildman–Crippen MR) is 99.9 cm³/mol. The minimum atomic E-state index is -3.26. The van der Waals surface area contributed by atoms with Crippen LogP contribution in [0.3, 0.4) is 0 Å². The van der Waals surface area contributed by atoms with Crippen LogP contribution in [0, 0.1) is 0 Å². The van der Waals surface area contributed by atoms with E-state index in [9.17, 15) is 18.0 Å². The van der Waals surface area contributed by atoms with Crippen LogP contribution in [0.1, 0.15) is 10.4 Å². The number of aromatic nitrogens is 1. The monoisotopic (exact) mass is 461 g/mol. The minimum Gasteiger partial charge on any atom is -0.336 e. The first-order valence-corrected chi connectivity index (χ1v) is 10.2. The van der Waals surface area contributed by atoms with Gasteiger partial charge in [0, 0.05) is 37.8 Å². The summed E-state index contributed by atoms with van der Waals surface area (Å²) >= 11 is 2.04. The van der Waals surface area contributed by atoms with Crippen molar-refractivity contribution in [3.05, 3.63) is 46.2 Å². The summed E-state index contributed by atoms with van der Waals surface area (Å²) in [4.78, 5) is 26.9. The Morgan fingerprint density at radius 3 is 2.38 bits per heavy atom. The lowest BCUT2D eigenvalue weighted by atomic mass is 10.1. The number of sulfonamides is 1. The summed E-state index contributed by atoms with van der Waals surface area (Å²) in [6.07, 6.45) is 2.69. The molecule has 0 aliphatic carbocycles. The molecular formula is C15H16IN3O4S. The Morgan fingerprint density at radius 1 is 1.12 bits per heavy atom. The number of hydrogen-bond donors (Lipinski definition) is 0. The summed E-state index contributed by atoms with van der Waals surface area (Å²) in [5.41, 5.74) is 0.562. The number of carbonyl (C=O) groups excluding carboxylic acids is 1. The molecule has 24 heavy (non-hydrogen) atoms. The number of amides is 1. The molecule has 0 N–H and O–H groups in total. The van der Waals surface area contributed by atoms with E-state index < -0.39 is 10.0 Å². The fraction of sp³-hybridized carbons (Fsp3) is 0.333. The van der Waals surface area contributed by atoms with Gasteiger partial charge < -0.3 is 4.90 Å². The van der Waals surface area contributed by atoms with E-state index in [4.69, 9.17) is 0 Å². The van der Waals surface area contributed by atoms with Crippen LogP contribution in [0.5, 0.6) is 0 Å². The number of para-hydroxylation sites is 1. The minimum absolute atomic E-state index is 0.107. The first-order chi connectivity index (χ1) is 11.3. The summed E-state index contributed by atoms with van der Waals surface area (Å²) in [6.45, 7) is 1.05. The lowest BCUT2D eigenvalue weighted by Crippen LogP contribution is -2.50. The zero-order chi connectivity index (χ0) is 17.5. The predicted octanol–water partition coefficient (Wildman–Crippen LogP) is 0.917. The molecule has 1 amide bonds. The van der Waals surface area contributed by atoms with Crippen molar-refractivity contribution in [2.45, 2.75) is 0 Å². The molecule has 1 aliphatic heterocycles. The summed E-state index contributed by atoms with van der Waals surface area (Å²) in [6, 6.07) is 7.12. The Bertz CT molecular complexity index is 962. The fourth-order valence-electron chi connectivity index (χ4n) is 2.78. The maximum absolute atomic E-state index is 12.7. The summed E-state index contributed by atoms with van der Waals surface area (Å²) in [5.74, 6) is -0.357. The first kappa shape index (κ1) is 17.4. The van der Waals surface area contributed by atoms with Crippen LogP contribution in [-0.2, 0) is 10.0 Å². The third kappa shape index (κ3) is 3.20. The van der Waals surface area contributed by atoms with Crippen molar-refractivity contribution in [2.75, 3.05) is 32.4 Å². The maximum Gasteiger partial charge on any atom is 0.259 e. The van der Waals surface area contributed by atoms with Gasteiger partial charge in [0.25, 0.3) is 5.91 Å². The zero-order valence-corrected chi connectivity index (χ0v) is 16.0. The van der Waals surface area contributed by atoms with Gasteiger partial charge in [-0.05, 0) is 12.1 Å². The normalized spacial score (nSPS) is 16.5. The molecule has 1 aromatic heterocycles. The number of benzene rings is 1. The van der Waals surface area contributed by atoms with Gasteiger partial charge in [0.2, 0.25) is 15.5 Å². The molecule has 0 spiro atoms. The lowest BCUT2D eigenvalue weighted by molar-refractivity contribution is 0.0696. The van der Waals surface area contributed by atoms with Crippen molar-refractivity contribution in [1.29, 1.82) is 0 Å². The third-order valence-corrected chi connectivity index (χ3v) is 6.19. The van der Waals surface area contributed by atoms with Gasteiger partial charge in [0.05, 0.1) is 34.6 Å². The number of piperazine rings is 1. The molecule has 128 valence electrons. The van der Waals surface area contributed by atoms with E-state index in [1.807, 2.05) is 35.0 Å². The number of pyridine rings is 1. The van der Waals surface area contributed by atoms with Crippen LogP contribution in [0.25, 0.3) is 10.9 Å².